The van der Waals surface area contributed by atoms with Gasteiger partial charge in [0.1, 0.15) is 5.60 Å². The second-order valence-electron chi connectivity index (χ2n) is 5.83. The summed E-state index contributed by atoms with van der Waals surface area (Å²) in [6, 6.07) is -0.139. The van der Waals surface area contributed by atoms with E-state index in [2.05, 4.69) is 0 Å². The van der Waals surface area contributed by atoms with Crippen molar-refractivity contribution in [3.05, 3.63) is 0 Å². The van der Waals surface area contributed by atoms with E-state index in [0.29, 0.717) is 6.42 Å². The highest BCUT2D eigenvalue weighted by molar-refractivity contribution is 5.79. The number of carbonyl (C=O) groups is 2. The third-order valence-corrected chi connectivity index (χ3v) is 2.97. The minimum absolute atomic E-state index is 0.139. The molecule has 2 N–H and O–H groups in total. The molecule has 1 aliphatic rings. The molecule has 0 bridgehead atoms. The van der Waals surface area contributed by atoms with E-state index in [9.17, 15) is 14.7 Å². The first-order valence-electron chi connectivity index (χ1n) is 6.00. The number of β-amino-alcohol motifs (C(OH)–C–C–N with tert-alkyl or cyclic N) is 1. The quantitative estimate of drug-likeness (QED) is 0.739. The molecule has 2 unspecified atom stereocenters. The van der Waals surface area contributed by atoms with Gasteiger partial charge in [-0.25, -0.2) is 9.59 Å². The van der Waals surface area contributed by atoms with Crippen LogP contribution < -0.4 is 0 Å². The Hall–Kier alpha value is -1.30. The van der Waals surface area contributed by atoms with Gasteiger partial charge in [0.25, 0.3) is 0 Å². The first-order chi connectivity index (χ1) is 8.05. The highest BCUT2D eigenvalue weighted by atomic mass is 16.6. The molecule has 1 rings (SSSR count). The molecule has 0 aromatic heterocycles. The molecular formula is C12H21NO5. The van der Waals surface area contributed by atoms with Crippen LogP contribution in [0.5, 0.6) is 0 Å². The van der Waals surface area contributed by atoms with Crippen LogP contribution in [0.25, 0.3) is 0 Å². The van der Waals surface area contributed by atoms with E-state index in [4.69, 9.17) is 9.84 Å². The number of rotatable bonds is 1. The Morgan fingerprint density at radius 2 is 1.94 bits per heavy atom. The van der Waals surface area contributed by atoms with E-state index in [1.54, 1.807) is 20.8 Å². The number of carboxylic acid groups (broad SMARTS) is 1. The zero-order valence-corrected chi connectivity index (χ0v) is 11.3. The number of ether oxygens (including phenoxy) is 1. The van der Waals surface area contributed by atoms with Gasteiger partial charge in [-0.1, -0.05) is 0 Å². The van der Waals surface area contributed by atoms with Gasteiger partial charge in [0.2, 0.25) is 0 Å². The zero-order chi connectivity index (χ0) is 14.1. The molecule has 0 saturated carbocycles. The SMILES string of the molecule is CC1CCC(O)(C(=O)O)CN1C(=O)OC(C)(C)C. The van der Waals surface area contributed by atoms with Crippen molar-refractivity contribution < 1.29 is 24.5 Å². The maximum absolute atomic E-state index is 11.9. The van der Waals surface area contributed by atoms with E-state index < -0.39 is 23.3 Å². The number of nitrogens with zero attached hydrogens (tertiary/aromatic N) is 1. The summed E-state index contributed by atoms with van der Waals surface area (Å²) in [5.41, 5.74) is -2.51. The molecule has 6 nitrogen and oxygen atoms in total. The molecule has 0 radical (unpaired) electrons. The molecule has 0 aromatic rings. The maximum atomic E-state index is 11.9. The standard InChI is InChI=1S/C12H21NO5/c1-8-5-6-12(17,9(14)15)7-13(8)10(16)18-11(2,3)4/h8,17H,5-7H2,1-4H3,(H,14,15). The number of hydrogen-bond donors (Lipinski definition) is 2. The highest BCUT2D eigenvalue weighted by Crippen LogP contribution is 2.27. The Labute approximate surface area is 107 Å². The van der Waals surface area contributed by atoms with Crippen molar-refractivity contribution in [1.29, 1.82) is 0 Å². The van der Waals surface area contributed by atoms with Crippen molar-refractivity contribution in [2.24, 2.45) is 0 Å². The van der Waals surface area contributed by atoms with Crippen LogP contribution in [-0.2, 0) is 9.53 Å². The van der Waals surface area contributed by atoms with Gasteiger partial charge in [-0.3, -0.25) is 0 Å². The van der Waals surface area contributed by atoms with Crippen LogP contribution in [0.2, 0.25) is 0 Å². The summed E-state index contributed by atoms with van der Waals surface area (Å²) in [5, 5.41) is 18.9. The second kappa shape index (κ2) is 4.76. The minimum Gasteiger partial charge on any atom is -0.479 e. The summed E-state index contributed by atoms with van der Waals surface area (Å²) in [5.74, 6) is -1.30. The summed E-state index contributed by atoms with van der Waals surface area (Å²) in [7, 11) is 0. The molecule has 1 amide bonds. The van der Waals surface area contributed by atoms with Gasteiger partial charge in [0.15, 0.2) is 5.60 Å². The summed E-state index contributed by atoms with van der Waals surface area (Å²) in [6.07, 6.45) is -0.0143. The molecule has 0 aliphatic carbocycles. The van der Waals surface area contributed by atoms with E-state index >= 15 is 0 Å². The average molecular weight is 259 g/mol. The first-order valence-corrected chi connectivity index (χ1v) is 6.00. The topological polar surface area (TPSA) is 87.1 Å². The normalized spacial score (nSPS) is 28.9. The third-order valence-electron chi connectivity index (χ3n) is 2.97. The number of piperidine rings is 1. The van der Waals surface area contributed by atoms with Gasteiger partial charge in [0, 0.05) is 6.04 Å². The summed E-state index contributed by atoms with van der Waals surface area (Å²) in [6.45, 7) is 6.79. The lowest BCUT2D eigenvalue weighted by Crippen LogP contribution is -2.58. The molecule has 104 valence electrons. The Balaban J connectivity index is 2.80. The number of hydrogen-bond acceptors (Lipinski definition) is 4. The van der Waals surface area contributed by atoms with E-state index in [-0.39, 0.29) is 19.0 Å². The van der Waals surface area contributed by atoms with Crippen molar-refractivity contribution in [1.82, 2.24) is 4.90 Å². The fourth-order valence-corrected chi connectivity index (χ4v) is 1.86. The van der Waals surface area contributed by atoms with Gasteiger partial charge >= 0.3 is 12.1 Å². The zero-order valence-electron chi connectivity index (χ0n) is 11.3. The number of amides is 1. The van der Waals surface area contributed by atoms with E-state index in [1.807, 2.05) is 6.92 Å². The monoisotopic (exact) mass is 259 g/mol. The smallest absolute Gasteiger partial charge is 0.410 e. The fourth-order valence-electron chi connectivity index (χ4n) is 1.86. The van der Waals surface area contributed by atoms with Crippen LogP contribution in [0.4, 0.5) is 4.79 Å². The fraction of sp³-hybridized carbons (Fsp3) is 0.833. The molecule has 2 atom stereocenters. The Kier molecular flexibility index (Phi) is 3.90. The lowest BCUT2D eigenvalue weighted by Gasteiger charge is -2.41. The third kappa shape index (κ3) is 3.35. The van der Waals surface area contributed by atoms with E-state index in [1.165, 1.54) is 4.90 Å². The minimum atomic E-state index is -1.87. The molecule has 0 aromatic carbocycles. The van der Waals surface area contributed by atoms with Gasteiger partial charge < -0.3 is 19.8 Å². The average Bonchev–Trinajstić information content (AvgIpc) is 2.19. The number of carbonyl (C=O) groups excluding carboxylic acids is 1. The number of carboxylic acids is 1. The lowest BCUT2D eigenvalue weighted by molar-refractivity contribution is -0.165. The van der Waals surface area contributed by atoms with Crippen LogP contribution in [0, 0.1) is 0 Å². The van der Waals surface area contributed by atoms with Crippen LogP contribution >= 0.6 is 0 Å². The van der Waals surface area contributed by atoms with E-state index in [0.717, 1.165) is 0 Å². The Bertz CT molecular complexity index is 349. The Morgan fingerprint density at radius 1 is 1.39 bits per heavy atom. The van der Waals surface area contributed by atoms with Crippen molar-refractivity contribution in [3.8, 4) is 0 Å². The largest absolute Gasteiger partial charge is 0.479 e. The highest BCUT2D eigenvalue weighted by Gasteiger charge is 2.45. The first kappa shape index (κ1) is 14.8. The van der Waals surface area contributed by atoms with Crippen molar-refractivity contribution in [3.63, 3.8) is 0 Å². The van der Waals surface area contributed by atoms with Gasteiger partial charge in [0.05, 0.1) is 6.54 Å². The van der Waals surface area contributed by atoms with Gasteiger partial charge in [-0.15, -0.1) is 0 Å². The molecule has 1 saturated heterocycles. The predicted molar refractivity (Wildman–Crippen MR) is 64.2 cm³/mol. The molecule has 1 heterocycles. The molecule has 1 aliphatic heterocycles. The van der Waals surface area contributed by atoms with Crippen molar-refractivity contribution >= 4 is 12.1 Å². The predicted octanol–water partition coefficient (Wildman–Crippen LogP) is 1.22. The summed E-state index contributed by atoms with van der Waals surface area (Å²) < 4.78 is 5.20. The van der Waals surface area contributed by atoms with Crippen LogP contribution in [0.15, 0.2) is 0 Å². The van der Waals surface area contributed by atoms with Crippen LogP contribution in [0.3, 0.4) is 0 Å². The summed E-state index contributed by atoms with van der Waals surface area (Å²) in [4.78, 5) is 24.2. The van der Waals surface area contributed by atoms with Crippen LogP contribution in [0.1, 0.15) is 40.5 Å². The maximum Gasteiger partial charge on any atom is 0.410 e. The number of likely N-dealkylation sites (tertiary alicyclic amines) is 1. The van der Waals surface area contributed by atoms with Gasteiger partial charge in [-0.05, 0) is 40.5 Å². The lowest BCUT2D eigenvalue weighted by atomic mass is 9.89. The van der Waals surface area contributed by atoms with Gasteiger partial charge in [-0.2, -0.15) is 0 Å². The molecule has 0 spiro atoms. The molecular weight excluding hydrogens is 238 g/mol. The number of aliphatic hydroxyl groups is 1. The second-order valence-corrected chi connectivity index (χ2v) is 5.83. The van der Waals surface area contributed by atoms with Crippen molar-refractivity contribution in [2.75, 3.05) is 6.54 Å². The molecule has 18 heavy (non-hydrogen) atoms. The Morgan fingerprint density at radius 3 is 2.39 bits per heavy atom. The van der Waals surface area contributed by atoms with Crippen molar-refractivity contribution in [2.45, 2.75) is 57.8 Å². The number of aliphatic carboxylic acids is 1. The summed E-state index contributed by atoms with van der Waals surface area (Å²) >= 11 is 0. The van der Waals surface area contributed by atoms with Crippen LogP contribution in [-0.4, -0.2) is 51.0 Å². The molecule has 6 heteroatoms. The molecule has 1 fully saturated rings.